The Morgan fingerprint density at radius 3 is 2.63 bits per heavy atom. The zero-order chi connectivity index (χ0) is 27.6. The lowest BCUT2D eigenvalue weighted by molar-refractivity contribution is -0.154. The highest BCUT2D eigenvalue weighted by Crippen LogP contribution is 2.33. The van der Waals surface area contributed by atoms with Crippen molar-refractivity contribution in [1.29, 1.82) is 10.7 Å². The van der Waals surface area contributed by atoms with Crippen LogP contribution in [0, 0.1) is 16.7 Å². The number of carbonyl (C=O) groups excluding carboxylic acids is 1. The Labute approximate surface area is 228 Å². The molecule has 13 heteroatoms. The number of nitrogens with one attached hydrogen (secondary N) is 1. The van der Waals surface area contributed by atoms with Crippen molar-refractivity contribution in [3.63, 3.8) is 0 Å². The largest absolute Gasteiger partial charge is 0.480 e. The Morgan fingerprint density at radius 1 is 1.26 bits per heavy atom. The molecular weight excluding hydrogens is 550 g/mol. The monoisotopic (exact) mass is 573 g/mol. The number of aliphatic carboxylic acids is 1. The van der Waals surface area contributed by atoms with E-state index in [1.165, 1.54) is 11.0 Å². The summed E-state index contributed by atoms with van der Waals surface area (Å²) >= 11 is 7.02. The van der Waals surface area contributed by atoms with E-state index < -0.39 is 34.5 Å². The van der Waals surface area contributed by atoms with Crippen LogP contribution in [0.15, 0.2) is 52.7 Å². The molecule has 1 fully saturated rings. The summed E-state index contributed by atoms with van der Waals surface area (Å²) in [5.41, 5.74) is 1.24. The molecule has 38 heavy (non-hydrogen) atoms. The fraction of sp³-hybridized carbons (Fsp3) is 0.280. The smallest absolute Gasteiger partial charge is 0.327 e. The summed E-state index contributed by atoms with van der Waals surface area (Å²) in [5.74, 6) is -1.70. The highest BCUT2D eigenvalue weighted by Gasteiger charge is 2.42. The molecule has 2 N–H and O–H groups in total. The Balaban J connectivity index is 1.51. The normalized spacial score (nSPS) is 16.4. The van der Waals surface area contributed by atoms with E-state index >= 15 is 0 Å². The second-order valence-electron chi connectivity index (χ2n) is 8.80. The molecule has 1 amide bonds. The summed E-state index contributed by atoms with van der Waals surface area (Å²) < 4.78 is 28.3. The van der Waals surface area contributed by atoms with Gasteiger partial charge in [0.15, 0.2) is 0 Å². The Bertz CT molecular complexity index is 1550. The standard InChI is InChI=1S/C25H24ClN5O5S2/c1-29(10-2-9-27)24(28)17-5-3-16(4-6-17)13-31-20(25(33)34)14-30(15-22(31)32)38(35,36)23-11-18-7-8-19(26)12-21(18)37-23/h3-8,11-12,20,28H,2,10,13-15H2,1H3,(H,33,34)/t20-/m1/s1. The molecule has 0 radical (unpaired) electrons. The average Bonchev–Trinajstić information content (AvgIpc) is 3.32. The first kappa shape index (κ1) is 27.5. The van der Waals surface area contributed by atoms with E-state index in [2.05, 4.69) is 0 Å². The highest BCUT2D eigenvalue weighted by atomic mass is 35.5. The summed E-state index contributed by atoms with van der Waals surface area (Å²) in [6, 6.07) is 13.9. The second kappa shape index (κ2) is 11.1. The van der Waals surface area contributed by atoms with Crippen molar-refractivity contribution in [3.8, 4) is 6.07 Å². The quantitative estimate of drug-likeness (QED) is 0.311. The van der Waals surface area contributed by atoms with Gasteiger partial charge < -0.3 is 14.9 Å². The third kappa shape index (κ3) is 5.66. The fourth-order valence-electron chi connectivity index (χ4n) is 4.11. The maximum absolute atomic E-state index is 13.3. The van der Waals surface area contributed by atoms with Gasteiger partial charge in [-0.2, -0.15) is 9.57 Å². The number of nitriles is 1. The number of fused-ring (bicyclic) bond motifs is 1. The zero-order valence-corrected chi connectivity index (χ0v) is 22.7. The molecule has 1 aliphatic heterocycles. The molecule has 10 nitrogen and oxygen atoms in total. The van der Waals surface area contributed by atoms with Gasteiger partial charge in [-0.1, -0.05) is 41.9 Å². The van der Waals surface area contributed by atoms with Crippen LogP contribution in [0.25, 0.3) is 10.1 Å². The van der Waals surface area contributed by atoms with Crippen LogP contribution in [0.5, 0.6) is 0 Å². The number of piperazine rings is 1. The lowest BCUT2D eigenvalue weighted by Gasteiger charge is -2.38. The number of sulfonamides is 1. The molecule has 1 atom stereocenters. The topological polar surface area (TPSA) is 146 Å². The molecule has 2 heterocycles. The summed E-state index contributed by atoms with van der Waals surface area (Å²) in [4.78, 5) is 28.0. The van der Waals surface area contributed by atoms with Crippen molar-refractivity contribution >= 4 is 60.8 Å². The number of halogens is 1. The number of amides is 1. The molecule has 0 saturated carbocycles. The number of carbonyl (C=O) groups is 2. The van der Waals surface area contributed by atoms with Crippen LogP contribution in [-0.2, 0) is 26.2 Å². The maximum atomic E-state index is 13.3. The SMILES string of the molecule is CN(CCC#N)C(=N)c1ccc(CN2C(=O)CN(S(=O)(=O)c3cc4ccc(Cl)cc4s3)C[C@@H]2C(=O)O)cc1. The number of carboxylic acids is 1. The number of nitrogens with zero attached hydrogens (tertiary/aromatic N) is 4. The molecule has 3 aromatic rings. The maximum Gasteiger partial charge on any atom is 0.327 e. The van der Waals surface area contributed by atoms with Gasteiger partial charge in [0.2, 0.25) is 5.91 Å². The number of benzene rings is 2. The number of rotatable bonds is 8. The van der Waals surface area contributed by atoms with Gasteiger partial charge in [0.1, 0.15) is 16.1 Å². The molecule has 1 saturated heterocycles. The first-order valence-electron chi connectivity index (χ1n) is 11.5. The van der Waals surface area contributed by atoms with E-state index in [1.54, 1.807) is 54.4 Å². The van der Waals surface area contributed by atoms with Gasteiger partial charge >= 0.3 is 5.97 Å². The molecule has 0 unspecified atom stereocenters. The molecule has 0 spiro atoms. The van der Waals surface area contributed by atoms with Gasteiger partial charge in [0, 0.05) is 42.0 Å². The van der Waals surface area contributed by atoms with Gasteiger partial charge in [-0.25, -0.2) is 13.2 Å². The van der Waals surface area contributed by atoms with E-state index in [4.69, 9.17) is 22.3 Å². The van der Waals surface area contributed by atoms with Crippen LogP contribution < -0.4 is 0 Å². The molecule has 198 valence electrons. The van der Waals surface area contributed by atoms with Crippen molar-refractivity contribution in [1.82, 2.24) is 14.1 Å². The second-order valence-corrected chi connectivity index (χ2v) is 12.5. The van der Waals surface area contributed by atoms with E-state index in [0.717, 1.165) is 15.6 Å². The molecule has 2 aromatic carbocycles. The van der Waals surface area contributed by atoms with Gasteiger partial charge in [-0.05, 0) is 29.1 Å². The predicted octanol–water partition coefficient (Wildman–Crippen LogP) is 3.21. The first-order valence-corrected chi connectivity index (χ1v) is 14.1. The zero-order valence-electron chi connectivity index (χ0n) is 20.3. The molecule has 1 aromatic heterocycles. The van der Waals surface area contributed by atoms with Crippen LogP contribution in [0.1, 0.15) is 17.5 Å². The van der Waals surface area contributed by atoms with Crippen molar-refractivity contribution in [2.24, 2.45) is 0 Å². The Hall–Kier alpha value is -3.50. The minimum absolute atomic E-state index is 0.0120. The van der Waals surface area contributed by atoms with Crippen molar-refractivity contribution in [3.05, 3.63) is 64.7 Å². The van der Waals surface area contributed by atoms with Crippen molar-refractivity contribution < 1.29 is 23.1 Å². The first-order chi connectivity index (χ1) is 18.0. The minimum atomic E-state index is -4.11. The highest BCUT2D eigenvalue weighted by molar-refractivity contribution is 7.91. The number of hydrogen-bond donors (Lipinski definition) is 2. The number of amidine groups is 1. The van der Waals surface area contributed by atoms with Crippen molar-refractivity contribution in [2.75, 3.05) is 26.7 Å². The predicted molar refractivity (Wildman–Crippen MR) is 144 cm³/mol. The Morgan fingerprint density at radius 2 is 1.97 bits per heavy atom. The van der Waals surface area contributed by atoms with Crippen LogP contribution in [-0.4, -0.2) is 78.1 Å². The minimum Gasteiger partial charge on any atom is -0.480 e. The van der Waals surface area contributed by atoms with Gasteiger partial charge in [0.05, 0.1) is 19.0 Å². The number of thiophene rings is 1. The third-order valence-corrected chi connectivity index (χ3v) is 9.84. The molecule has 0 aliphatic carbocycles. The summed E-state index contributed by atoms with van der Waals surface area (Å²) in [6.45, 7) is -0.477. The molecule has 1 aliphatic rings. The van der Waals surface area contributed by atoms with E-state index in [0.29, 0.717) is 32.8 Å². The summed E-state index contributed by atoms with van der Waals surface area (Å²) in [6.07, 6.45) is 0.286. The molecule has 0 bridgehead atoms. The van der Waals surface area contributed by atoms with Gasteiger partial charge in [0.25, 0.3) is 10.0 Å². The van der Waals surface area contributed by atoms with Gasteiger partial charge in [-0.15, -0.1) is 11.3 Å². The third-order valence-electron chi connectivity index (χ3n) is 6.24. The van der Waals surface area contributed by atoms with Crippen LogP contribution >= 0.6 is 22.9 Å². The molecular formula is C25H24ClN5O5S2. The van der Waals surface area contributed by atoms with E-state index in [-0.39, 0.29) is 29.6 Å². The van der Waals surface area contributed by atoms with Crippen LogP contribution in [0.2, 0.25) is 5.02 Å². The molecule has 4 rings (SSSR count). The lowest BCUT2D eigenvalue weighted by atomic mass is 10.1. The Kier molecular flexibility index (Phi) is 8.03. The fourth-order valence-corrected chi connectivity index (χ4v) is 7.34. The van der Waals surface area contributed by atoms with Crippen LogP contribution in [0.3, 0.4) is 0 Å². The summed E-state index contributed by atoms with van der Waals surface area (Å²) in [5, 5.41) is 28.0. The lowest BCUT2D eigenvalue weighted by Crippen LogP contribution is -2.59. The summed E-state index contributed by atoms with van der Waals surface area (Å²) in [7, 11) is -2.40. The van der Waals surface area contributed by atoms with E-state index in [1.807, 2.05) is 6.07 Å². The number of carboxylic acid groups (broad SMARTS) is 1. The number of hydrogen-bond acceptors (Lipinski definition) is 7. The van der Waals surface area contributed by atoms with Crippen LogP contribution in [0.4, 0.5) is 0 Å². The van der Waals surface area contributed by atoms with E-state index in [9.17, 15) is 23.1 Å². The average molecular weight is 574 g/mol. The van der Waals surface area contributed by atoms with Gasteiger partial charge in [-0.3, -0.25) is 10.2 Å². The van der Waals surface area contributed by atoms with Crippen molar-refractivity contribution in [2.45, 2.75) is 23.2 Å².